The number of rotatable bonds is 6. The summed E-state index contributed by atoms with van der Waals surface area (Å²) in [6.07, 6.45) is 8.44. The maximum Gasteiger partial charge on any atom is 0.132 e. The summed E-state index contributed by atoms with van der Waals surface area (Å²) in [5.41, 5.74) is 1.32. The van der Waals surface area contributed by atoms with Crippen LogP contribution in [0.5, 0.6) is 0 Å². The summed E-state index contributed by atoms with van der Waals surface area (Å²) < 4.78 is 0. The van der Waals surface area contributed by atoms with E-state index in [1.807, 2.05) is 12.3 Å². The lowest BCUT2D eigenvalue weighted by Gasteiger charge is -2.35. The van der Waals surface area contributed by atoms with Crippen molar-refractivity contribution in [3.63, 3.8) is 0 Å². The standard InChI is InChI=1S/C17H29N3/c1-4-10-18-13-15-8-6-11-19-17(15)20(3)16-9-5-7-14(2)12-16/h6,8,11,14,16,18H,4-5,7,9-10,12-13H2,1-3H3. The molecule has 1 aromatic heterocycles. The number of anilines is 1. The lowest BCUT2D eigenvalue weighted by Crippen LogP contribution is -2.37. The van der Waals surface area contributed by atoms with Gasteiger partial charge in [0.2, 0.25) is 0 Å². The fraction of sp³-hybridized carbons (Fsp3) is 0.706. The Bertz CT molecular complexity index is 405. The molecule has 3 heteroatoms. The Balaban J connectivity index is 2.06. The quantitative estimate of drug-likeness (QED) is 0.804. The summed E-state index contributed by atoms with van der Waals surface area (Å²) in [6.45, 7) is 6.57. The molecule has 1 N–H and O–H groups in total. The van der Waals surface area contributed by atoms with Crippen LogP contribution in [0.15, 0.2) is 18.3 Å². The Hall–Kier alpha value is -1.09. The largest absolute Gasteiger partial charge is 0.356 e. The van der Waals surface area contributed by atoms with Gasteiger partial charge in [-0.15, -0.1) is 0 Å². The van der Waals surface area contributed by atoms with E-state index in [9.17, 15) is 0 Å². The molecule has 3 nitrogen and oxygen atoms in total. The molecule has 2 rings (SSSR count). The number of aromatic nitrogens is 1. The van der Waals surface area contributed by atoms with E-state index in [-0.39, 0.29) is 0 Å². The van der Waals surface area contributed by atoms with Gasteiger partial charge in [0.05, 0.1) is 0 Å². The van der Waals surface area contributed by atoms with Crippen LogP contribution in [0.1, 0.15) is 51.5 Å². The molecule has 0 spiro atoms. The van der Waals surface area contributed by atoms with Crippen molar-refractivity contribution in [1.29, 1.82) is 0 Å². The number of nitrogens with one attached hydrogen (secondary N) is 1. The van der Waals surface area contributed by atoms with Crippen LogP contribution in [0, 0.1) is 5.92 Å². The minimum Gasteiger partial charge on any atom is -0.356 e. The molecule has 0 radical (unpaired) electrons. The third-order valence-corrected chi connectivity index (χ3v) is 4.40. The van der Waals surface area contributed by atoms with Crippen molar-refractivity contribution in [2.75, 3.05) is 18.5 Å². The maximum absolute atomic E-state index is 4.64. The average Bonchev–Trinajstić information content (AvgIpc) is 2.47. The lowest BCUT2D eigenvalue weighted by molar-refractivity contribution is 0.335. The molecule has 1 aliphatic carbocycles. The van der Waals surface area contributed by atoms with Crippen LogP contribution >= 0.6 is 0 Å². The van der Waals surface area contributed by atoms with Crippen LogP contribution in [0.3, 0.4) is 0 Å². The average molecular weight is 275 g/mol. The first-order chi connectivity index (χ1) is 9.72. The van der Waals surface area contributed by atoms with Gasteiger partial charge in [-0.05, 0) is 37.8 Å². The molecule has 1 fully saturated rings. The molecule has 0 saturated heterocycles. The highest BCUT2D eigenvalue weighted by molar-refractivity contribution is 5.47. The van der Waals surface area contributed by atoms with Crippen LogP contribution in [0.4, 0.5) is 5.82 Å². The van der Waals surface area contributed by atoms with Gasteiger partial charge in [0, 0.05) is 31.4 Å². The van der Waals surface area contributed by atoms with Crippen molar-refractivity contribution in [1.82, 2.24) is 10.3 Å². The number of nitrogens with zero attached hydrogens (tertiary/aromatic N) is 2. The summed E-state index contributed by atoms with van der Waals surface area (Å²) in [5, 5.41) is 3.49. The minimum atomic E-state index is 0.651. The monoisotopic (exact) mass is 275 g/mol. The van der Waals surface area contributed by atoms with Crippen LogP contribution in [-0.2, 0) is 6.54 Å². The highest BCUT2D eigenvalue weighted by Crippen LogP contribution is 2.30. The molecule has 2 atom stereocenters. The van der Waals surface area contributed by atoms with Crippen molar-refractivity contribution in [2.45, 2.75) is 58.5 Å². The van der Waals surface area contributed by atoms with E-state index in [0.29, 0.717) is 6.04 Å². The third-order valence-electron chi connectivity index (χ3n) is 4.40. The fourth-order valence-corrected chi connectivity index (χ4v) is 3.21. The van der Waals surface area contributed by atoms with Gasteiger partial charge >= 0.3 is 0 Å². The molecular weight excluding hydrogens is 246 g/mol. The van der Waals surface area contributed by atoms with Crippen molar-refractivity contribution in [3.05, 3.63) is 23.9 Å². The number of hydrogen-bond donors (Lipinski definition) is 1. The van der Waals surface area contributed by atoms with E-state index < -0.39 is 0 Å². The van der Waals surface area contributed by atoms with E-state index in [1.165, 1.54) is 37.7 Å². The predicted molar refractivity (Wildman–Crippen MR) is 86.1 cm³/mol. The predicted octanol–water partition coefficient (Wildman–Crippen LogP) is 3.60. The second-order valence-electron chi connectivity index (χ2n) is 6.20. The summed E-state index contributed by atoms with van der Waals surface area (Å²) in [7, 11) is 2.22. The van der Waals surface area contributed by atoms with E-state index in [4.69, 9.17) is 0 Å². The van der Waals surface area contributed by atoms with Crippen molar-refractivity contribution < 1.29 is 0 Å². The van der Waals surface area contributed by atoms with Gasteiger partial charge in [0.1, 0.15) is 5.82 Å². The summed E-state index contributed by atoms with van der Waals surface area (Å²) >= 11 is 0. The second kappa shape index (κ2) is 7.63. The van der Waals surface area contributed by atoms with Crippen molar-refractivity contribution >= 4 is 5.82 Å². The molecule has 20 heavy (non-hydrogen) atoms. The Morgan fingerprint density at radius 1 is 1.40 bits per heavy atom. The highest BCUT2D eigenvalue weighted by Gasteiger charge is 2.24. The molecule has 0 amide bonds. The Morgan fingerprint density at radius 2 is 2.25 bits per heavy atom. The van der Waals surface area contributed by atoms with Crippen LogP contribution in [0.25, 0.3) is 0 Å². The highest BCUT2D eigenvalue weighted by atomic mass is 15.2. The summed E-state index contributed by atoms with van der Waals surface area (Å²) in [5.74, 6) is 2.01. The normalized spacial score (nSPS) is 22.8. The van der Waals surface area contributed by atoms with Crippen molar-refractivity contribution in [2.24, 2.45) is 5.92 Å². The zero-order chi connectivity index (χ0) is 14.4. The first-order valence-electron chi connectivity index (χ1n) is 8.09. The number of hydrogen-bond acceptors (Lipinski definition) is 3. The van der Waals surface area contributed by atoms with E-state index in [1.54, 1.807) is 0 Å². The Kier molecular flexibility index (Phi) is 5.84. The molecular formula is C17H29N3. The van der Waals surface area contributed by atoms with Gasteiger partial charge in [-0.1, -0.05) is 32.8 Å². The van der Waals surface area contributed by atoms with Gasteiger partial charge in [-0.25, -0.2) is 4.98 Å². The molecule has 1 saturated carbocycles. The van der Waals surface area contributed by atoms with Gasteiger partial charge in [-0.2, -0.15) is 0 Å². The van der Waals surface area contributed by atoms with Crippen LogP contribution in [0.2, 0.25) is 0 Å². The second-order valence-corrected chi connectivity index (χ2v) is 6.20. The molecule has 0 bridgehead atoms. The first kappa shape index (κ1) is 15.3. The van der Waals surface area contributed by atoms with Crippen LogP contribution in [-0.4, -0.2) is 24.6 Å². The Morgan fingerprint density at radius 3 is 3.00 bits per heavy atom. The number of pyridine rings is 1. The van der Waals surface area contributed by atoms with E-state index in [0.717, 1.165) is 24.8 Å². The molecule has 2 unspecified atom stereocenters. The third kappa shape index (κ3) is 3.95. The molecule has 0 aromatic carbocycles. The smallest absolute Gasteiger partial charge is 0.132 e. The Labute approximate surface area is 123 Å². The van der Waals surface area contributed by atoms with Crippen molar-refractivity contribution in [3.8, 4) is 0 Å². The maximum atomic E-state index is 4.64. The first-order valence-corrected chi connectivity index (χ1v) is 8.09. The fourth-order valence-electron chi connectivity index (χ4n) is 3.21. The lowest BCUT2D eigenvalue weighted by atomic mass is 9.86. The zero-order valence-electron chi connectivity index (χ0n) is 13.2. The van der Waals surface area contributed by atoms with Gasteiger partial charge in [0.15, 0.2) is 0 Å². The molecule has 1 heterocycles. The molecule has 1 aliphatic rings. The molecule has 112 valence electrons. The molecule has 1 aromatic rings. The molecule has 0 aliphatic heterocycles. The summed E-state index contributed by atoms with van der Waals surface area (Å²) in [4.78, 5) is 7.06. The van der Waals surface area contributed by atoms with Gasteiger partial charge < -0.3 is 10.2 Å². The van der Waals surface area contributed by atoms with Gasteiger partial charge in [0.25, 0.3) is 0 Å². The SMILES string of the molecule is CCCNCc1cccnc1N(C)C1CCCC(C)C1. The summed E-state index contributed by atoms with van der Waals surface area (Å²) in [6, 6.07) is 4.90. The van der Waals surface area contributed by atoms with E-state index in [2.05, 4.69) is 42.2 Å². The van der Waals surface area contributed by atoms with Gasteiger partial charge in [-0.3, -0.25) is 0 Å². The van der Waals surface area contributed by atoms with E-state index >= 15 is 0 Å². The van der Waals surface area contributed by atoms with Crippen LogP contribution < -0.4 is 10.2 Å². The minimum absolute atomic E-state index is 0.651. The zero-order valence-corrected chi connectivity index (χ0v) is 13.2. The topological polar surface area (TPSA) is 28.2 Å².